The van der Waals surface area contributed by atoms with Gasteiger partial charge in [-0.05, 0) is 32.9 Å². The third-order valence-corrected chi connectivity index (χ3v) is 2.96. The van der Waals surface area contributed by atoms with Crippen molar-refractivity contribution in [1.29, 1.82) is 0 Å². The lowest BCUT2D eigenvalue weighted by Gasteiger charge is -2.22. The normalized spacial score (nSPS) is 12.9. The minimum absolute atomic E-state index is 0.0516. The van der Waals surface area contributed by atoms with Gasteiger partial charge in [-0.1, -0.05) is 11.6 Å². The molecule has 0 aliphatic carbocycles. The van der Waals surface area contributed by atoms with E-state index < -0.39 is 29.2 Å². The Hall–Kier alpha value is -1.40. The van der Waals surface area contributed by atoms with Crippen molar-refractivity contribution in [3.05, 3.63) is 34.4 Å². The Morgan fingerprint density at radius 3 is 2.57 bits per heavy atom. The zero-order valence-electron chi connectivity index (χ0n) is 12.2. The van der Waals surface area contributed by atoms with Crippen molar-refractivity contribution in [2.24, 2.45) is 5.73 Å². The van der Waals surface area contributed by atoms with Crippen LogP contribution in [0.25, 0.3) is 0 Å². The van der Waals surface area contributed by atoms with E-state index in [4.69, 9.17) is 22.1 Å². The number of nitrogens with one attached hydrogen (secondary N) is 1. The summed E-state index contributed by atoms with van der Waals surface area (Å²) in [6.07, 6.45) is -0.677. The van der Waals surface area contributed by atoms with Crippen molar-refractivity contribution in [1.82, 2.24) is 5.32 Å². The Morgan fingerprint density at radius 2 is 2.05 bits per heavy atom. The Morgan fingerprint density at radius 1 is 1.43 bits per heavy atom. The molecule has 0 fully saturated rings. The van der Waals surface area contributed by atoms with Gasteiger partial charge in [-0.2, -0.15) is 0 Å². The molecule has 21 heavy (non-hydrogen) atoms. The molecule has 1 atom stereocenters. The average Bonchev–Trinajstić information content (AvgIpc) is 2.36. The molecule has 0 heterocycles. The maximum atomic E-state index is 13.9. The Bertz CT molecular complexity index is 518. The minimum atomic E-state index is -0.863. The second-order valence-electron chi connectivity index (χ2n) is 5.57. The molecule has 4 nitrogen and oxygen atoms in total. The van der Waals surface area contributed by atoms with E-state index in [1.165, 1.54) is 0 Å². The number of carbonyl (C=O) groups excluding carboxylic acids is 1. The number of alkyl carbamates (subject to hydrolysis) is 1. The van der Waals surface area contributed by atoms with E-state index in [2.05, 4.69) is 5.32 Å². The summed E-state index contributed by atoms with van der Waals surface area (Å²) in [5.74, 6) is -2.35. The summed E-state index contributed by atoms with van der Waals surface area (Å²) in [6, 6.07) is 2.20. The van der Waals surface area contributed by atoms with Crippen molar-refractivity contribution >= 4 is 17.7 Å². The van der Waals surface area contributed by atoms with Gasteiger partial charge in [-0.15, -0.1) is 0 Å². The molecule has 118 valence electrons. The van der Waals surface area contributed by atoms with Crippen molar-refractivity contribution in [3.63, 3.8) is 0 Å². The molecule has 0 aliphatic heterocycles. The zero-order chi connectivity index (χ0) is 16.2. The smallest absolute Gasteiger partial charge is 0.407 e. The number of ether oxygens (including phenoxy) is 1. The highest BCUT2D eigenvalue weighted by Crippen LogP contribution is 2.27. The molecule has 1 rings (SSSR count). The van der Waals surface area contributed by atoms with E-state index in [9.17, 15) is 13.6 Å². The molecule has 1 aromatic carbocycles. The van der Waals surface area contributed by atoms with E-state index in [0.717, 1.165) is 12.1 Å². The molecule has 1 amide bonds. The van der Waals surface area contributed by atoms with E-state index in [0.29, 0.717) is 0 Å². The van der Waals surface area contributed by atoms with Crippen LogP contribution in [0.5, 0.6) is 0 Å². The molecule has 0 bridgehead atoms. The predicted molar refractivity (Wildman–Crippen MR) is 77.4 cm³/mol. The topological polar surface area (TPSA) is 64.3 Å². The summed E-state index contributed by atoms with van der Waals surface area (Å²) in [5.41, 5.74) is 4.64. The van der Waals surface area contributed by atoms with Gasteiger partial charge in [-0.25, -0.2) is 13.6 Å². The third-order valence-electron chi connectivity index (χ3n) is 2.66. The van der Waals surface area contributed by atoms with E-state index in [1.54, 1.807) is 20.8 Å². The van der Waals surface area contributed by atoms with Gasteiger partial charge in [-0.3, -0.25) is 0 Å². The number of rotatable bonds is 4. The van der Waals surface area contributed by atoms with Gasteiger partial charge in [0.05, 0.1) is 5.02 Å². The molecule has 0 saturated heterocycles. The van der Waals surface area contributed by atoms with Gasteiger partial charge in [0.25, 0.3) is 0 Å². The summed E-state index contributed by atoms with van der Waals surface area (Å²) in [5, 5.41) is 2.25. The van der Waals surface area contributed by atoms with Crippen LogP contribution in [0.4, 0.5) is 13.6 Å². The lowest BCUT2D eigenvalue weighted by molar-refractivity contribution is 0.0524. The number of amides is 1. The molecule has 1 unspecified atom stereocenters. The average molecular weight is 321 g/mol. The van der Waals surface area contributed by atoms with Gasteiger partial charge in [0.2, 0.25) is 0 Å². The summed E-state index contributed by atoms with van der Waals surface area (Å²) < 4.78 is 32.7. The lowest BCUT2D eigenvalue weighted by Crippen LogP contribution is -2.36. The highest BCUT2D eigenvalue weighted by Gasteiger charge is 2.23. The largest absolute Gasteiger partial charge is 0.444 e. The number of benzene rings is 1. The van der Waals surface area contributed by atoms with Crippen LogP contribution in [-0.2, 0) is 4.74 Å². The van der Waals surface area contributed by atoms with Crippen molar-refractivity contribution in [3.8, 4) is 0 Å². The van der Waals surface area contributed by atoms with Crippen LogP contribution < -0.4 is 11.1 Å². The minimum Gasteiger partial charge on any atom is -0.444 e. The monoisotopic (exact) mass is 320 g/mol. The summed E-state index contributed by atoms with van der Waals surface area (Å²) in [4.78, 5) is 11.6. The second kappa shape index (κ2) is 7.04. The highest BCUT2D eigenvalue weighted by molar-refractivity contribution is 6.30. The van der Waals surface area contributed by atoms with Crippen LogP contribution in [0, 0.1) is 11.6 Å². The number of hydrogen-bond acceptors (Lipinski definition) is 3. The molecule has 0 aliphatic rings. The van der Waals surface area contributed by atoms with Gasteiger partial charge < -0.3 is 15.8 Å². The van der Waals surface area contributed by atoms with Crippen LogP contribution in [0.15, 0.2) is 12.1 Å². The Balaban J connectivity index is 2.81. The third kappa shape index (κ3) is 5.13. The number of carbonyl (C=O) groups is 1. The quantitative estimate of drug-likeness (QED) is 0.837. The number of nitrogens with two attached hydrogens (primary N) is 1. The number of hydrogen-bond donors (Lipinski definition) is 2. The number of halogens is 3. The summed E-state index contributed by atoms with van der Waals surface area (Å²) in [6.45, 7) is 5.03. The highest BCUT2D eigenvalue weighted by atomic mass is 35.5. The summed E-state index contributed by atoms with van der Waals surface area (Å²) in [7, 11) is 0. The van der Waals surface area contributed by atoms with E-state index in [-0.39, 0.29) is 23.7 Å². The van der Waals surface area contributed by atoms with Crippen molar-refractivity contribution in [2.75, 3.05) is 13.1 Å². The van der Waals surface area contributed by atoms with Gasteiger partial charge in [0.1, 0.15) is 17.2 Å². The van der Waals surface area contributed by atoms with Gasteiger partial charge in [0.15, 0.2) is 0 Å². The SMILES string of the molecule is CC(C)(C)OC(=O)NCC(CN)c1c(F)ccc(Cl)c1F. The first-order chi connectivity index (χ1) is 9.65. The molecule has 0 radical (unpaired) electrons. The van der Waals surface area contributed by atoms with Gasteiger partial charge >= 0.3 is 6.09 Å². The van der Waals surface area contributed by atoms with E-state index in [1.807, 2.05) is 0 Å². The maximum Gasteiger partial charge on any atom is 0.407 e. The van der Waals surface area contributed by atoms with Crippen LogP contribution in [-0.4, -0.2) is 24.8 Å². The fourth-order valence-electron chi connectivity index (χ4n) is 1.74. The maximum absolute atomic E-state index is 13.9. The van der Waals surface area contributed by atoms with Crippen molar-refractivity contribution < 1.29 is 18.3 Å². The molecular formula is C14H19ClF2N2O2. The van der Waals surface area contributed by atoms with Gasteiger partial charge in [0, 0.05) is 24.6 Å². The van der Waals surface area contributed by atoms with Crippen LogP contribution in [0.1, 0.15) is 32.3 Å². The first kappa shape index (κ1) is 17.7. The molecule has 0 spiro atoms. The predicted octanol–water partition coefficient (Wildman–Crippen LogP) is 3.19. The van der Waals surface area contributed by atoms with Crippen LogP contribution in [0.2, 0.25) is 5.02 Å². The standard InChI is InChI=1S/C14H19ClF2N2O2/c1-14(2,3)21-13(20)19-7-8(6-18)11-10(16)5-4-9(15)12(11)17/h4-5,8H,6-7,18H2,1-3H3,(H,19,20). The fraction of sp³-hybridized carbons (Fsp3) is 0.500. The first-order valence-electron chi connectivity index (χ1n) is 6.46. The molecule has 0 saturated carbocycles. The second-order valence-corrected chi connectivity index (χ2v) is 5.98. The Kier molecular flexibility index (Phi) is 5.92. The van der Waals surface area contributed by atoms with Crippen LogP contribution >= 0.6 is 11.6 Å². The molecular weight excluding hydrogens is 302 g/mol. The fourth-order valence-corrected chi connectivity index (χ4v) is 1.91. The molecule has 1 aromatic rings. The Labute approximate surface area is 127 Å². The first-order valence-corrected chi connectivity index (χ1v) is 6.83. The van der Waals surface area contributed by atoms with Crippen LogP contribution in [0.3, 0.4) is 0 Å². The summed E-state index contributed by atoms with van der Waals surface area (Å²) >= 11 is 5.64. The van der Waals surface area contributed by atoms with E-state index >= 15 is 0 Å². The molecule has 3 N–H and O–H groups in total. The van der Waals surface area contributed by atoms with Crippen molar-refractivity contribution in [2.45, 2.75) is 32.3 Å². The molecule has 0 aromatic heterocycles. The molecule has 7 heteroatoms. The lowest BCUT2D eigenvalue weighted by atomic mass is 9.98. The zero-order valence-corrected chi connectivity index (χ0v) is 12.9.